The van der Waals surface area contributed by atoms with Crippen molar-refractivity contribution in [2.24, 2.45) is 0 Å². The summed E-state index contributed by atoms with van der Waals surface area (Å²) in [7, 11) is 2.01. The van der Waals surface area contributed by atoms with Gasteiger partial charge in [0.2, 0.25) is 5.89 Å². The summed E-state index contributed by atoms with van der Waals surface area (Å²) in [6, 6.07) is 7.73. The number of benzene rings is 1. The molecule has 0 bridgehead atoms. The third-order valence-electron chi connectivity index (χ3n) is 3.60. The zero-order chi connectivity index (χ0) is 16.4. The molecular weight excluding hydrogens is 294 g/mol. The third kappa shape index (κ3) is 3.82. The smallest absolute Gasteiger partial charge is 0.232 e. The van der Waals surface area contributed by atoms with Crippen LogP contribution in [0, 0.1) is 0 Å². The molecule has 0 amide bonds. The third-order valence-corrected chi connectivity index (χ3v) is 3.60. The van der Waals surface area contributed by atoms with Crippen LogP contribution in [0.15, 0.2) is 28.8 Å². The number of rotatable bonds is 4. The molecule has 2 aromatic rings. The molecule has 0 unspecified atom stereocenters. The van der Waals surface area contributed by atoms with Crippen LogP contribution in [0.2, 0.25) is 0 Å². The van der Waals surface area contributed by atoms with E-state index < -0.39 is 0 Å². The van der Waals surface area contributed by atoms with Gasteiger partial charge in [0.15, 0.2) is 17.3 Å². The maximum absolute atomic E-state index is 5.97. The van der Waals surface area contributed by atoms with Crippen LogP contribution in [0.5, 0.6) is 11.5 Å². The second kappa shape index (κ2) is 6.20. The number of hydrogen-bond donors (Lipinski definition) is 0. The molecule has 1 aliphatic rings. The van der Waals surface area contributed by atoms with E-state index in [1.54, 1.807) is 0 Å². The van der Waals surface area contributed by atoms with Crippen LogP contribution in [-0.2, 0) is 12.0 Å². The fourth-order valence-electron chi connectivity index (χ4n) is 2.43. The average Bonchev–Trinajstić information content (AvgIpc) is 2.95. The van der Waals surface area contributed by atoms with E-state index in [9.17, 15) is 0 Å². The van der Waals surface area contributed by atoms with Crippen molar-refractivity contribution in [2.75, 3.05) is 20.2 Å². The van der Waals surface area contributed by atoms with Crippen LogP contribution < -0.4 is 9.47 Å². The number of aromatic nitrogens is 2. The van der Waals surface area contributed by atoms with Crippen molar-refractivity contribution in [3.05, 3.63) is 36.0 Å². The molecule has 1 aromatic carbocycles. The van der Waals surface area contributed by atoms with Crippen LogP contribution in [0.25, 0.3) is 0 Å². The van der Waals surface area contributed by atoms with E-state index >= 15 is 0 Å². The summed E-state index contributed by atoms with van der Waals surface area (Å²) in [6.45, 7) is 8.05. The summed E-state index contributed by atoms with van der Waals surface area (Å²) in [5, 5.41) is 4.05. The van der Waals surface area contributed by atoms with Gasteiger partial charge in [-0.15, -0.1) is 0 Å². The molecule has 3 rings (SSSR count). The lowest BCUT2D eigenvalue weighted by atomic mass is 9.97. The number of fused-ring (bicyclic) bond motifs is 1. The molecule has 0 radical (unpaired) electrons. The summed E-state index contributed by atoms with van der Waals surface area (Å²) >= 11 is 0. The van der Waals surface area contributed by atoms with E-state index in [4.69, 9.17) is 14.0 Å². The van der Waals surface area contributed by atoms with Gasteiger partial charge in [0, 0.05) is 12.0 Å². The monoisotopic (exact) mass is 317 g/mol. The van der Waals surface area contributed by atoms with Gasteiger partial charge < -0.3 is 14.0 Å². The zero-order valence-corrected chi connectivity index (χ0v) is 14.1. The van der Waals surface area contributed by atoms with Crippen LogP contribution in [0.4, 0.5) is 0 Å². The predicted molar refractivity (Wildman–Crippen MR) is 85.7 cm³/mol. The molecule has 1 aliphatic heterocycles. The first kappa shape index (κ1) is 15.8. The van der Waals surface area contributed by atoms with Crippen LogP contribution in [0.1, 0.15) is 32.5 Å². The molecule has 0 spiro atoms. The molecule has 2 heterocycles. The molecule has 6 nitrogen and oxygen atoms in total. The SMILES string of the molecule is CN(Cc1noc(C(C)(C)C)n1)C[C@H]1COc2ccccc2O1. The van der Waals surface area contributed by atoms with Gasteiger partial charge in [0.25, 0.3) is 0 Å². The van der Waals surface area contributed by atoms with Crippen molar-refractivity contribution in [2.45, 2.75) is 38.8 Å². The number of hydrogen-bond acceptors (Lipinski definition) is 6. The Bertz CT molecular complexity index is 663. The zero-order valence-electron chi connectivity index (χ0n) is 14.1. The molecule has 0 saturated carbocycles. The minimum Gasteiger partial charge on any atom is -0.486 e. The Morgan fingerprint density at radius 1 is 1.22 bits per heavy atom. The second-order valence-corrected chi connectivity index (χ2v) is 6.96. The van der Waals surface area contributed by atoms with Gasteiger partial charge in [0.05, 0.1) is 6.54 Å². The van der Waals surface area contributed by atoms with E-state index in [2.05, 4.69) is 35.8 Å². The van der Waals surface area contributed by atoms with Crippen molar-refractivity contribution >= 4 is 0 Å². The van der Waals surface area contributed by atoms with E-state index in [1.165, 1.54) is 0 Å². The fourth-order valence-corrected chi connectivity index (χ4v) is 2.43. The van der Waals surface area contributed by atoms with E-state index in [-0.39, 0.29) is 11.5 Å². The summed E-state index contributed by atoms with van der Waals surface area (Å²) in [5.41, 5.74) is -0.131. The summed E-state index contributed by atoms with van der Waals surface area (Å²) in [4.78, 5) is 6.57. The van der Waals surface area contributed by atoms with Crippen molar-refractivity contribution in [3.63, 3.8) is 0 Å². The minimum atomic E-state index is -0.131. The highest BCUT2D eigenvalue weighted by molar-refractivity contribution is 5.40. The van der Waals surface area contributed by atoms with Gasteiger partial charge >= 0.3 is 0 Å². The fraction of sp³-hybridized carbons (Fsp3) is 0.529. The van der Waals surface area contributed by atoms with Crippen LogP contribution in [0.3, 0.4) is 0 Å². The summed E-state index contributed by atoms with van der Waals surface area (Å²) in [5.74, 6) is 2.95. The quantitative estimate of drug-likeness (QED) is 0.864. The van der Waals surface area contributed by atoms with Gasteiger partial charge in [-0.3, -0.25) is 4.90 Å². The van der Waals surface area contributed by atoms with E-state index in [1.807, 2.05) is 31.3 Å². The Hall–Kier alpha value is -2.08. The lowest BCUT2D eigenvalue weighted by Crippen LogP contribution is -2.39. The van der Waals surface area contributed by atoms with Gasteiger partial charge in [-0.25, -0.2) is 0 Å². The molecule has 0 aliphatic carbocycles. The molecule has 1 aromatic heterocycles. The molecule has 1 atom stereocenters. The second-order valence-electron chi connectivity index (χ2n) is 6.96. The van der Waals surface area contributed by atoms with Crippen molar-refractivity contribution in [1.82, 2.24) is 15.0 Å². The lowest BCUT2D eigenvalue weighted by molar-refractivity contribution is 0.0630. The van der Waals surface area contributed by atoms with E-state index in [0.29, 0.717) is 24.9 Å². The highest BCUT2D eigenvalue weighted by Gasteiger charge is 2.24. The van der Waals surface area contributed by atoms with Crippen molar-refractivity contribution in [1.29, 1.82) is 0 Å². The average molecular weight is 317 g/mol. The van der Waals surface area contributed by atoms with Crippen molar-refractivity contribution in [3.8, 4) is 11.5 Å². The Morgan fingerprint density at radius 3 is 2.65 bits per heavy atom. The highest BCUT2D eigenvalue weighted by Crippen LogP contribution is 2.31. The molecule has 124 valence electrons. The lowest BCUT2D eigenvalue weighted by Gasteiger charge is -2.29. The standard InChI is InChI=1S/C17H23N3O3/c1-17(2,3)16-18-15(19-23-16)10-20(4)9-12-11-21-13-7-5-6-8-14(13)22-12/h5-8,12H,9-11H2,1-4H3/t12-/m0/s1. The van der Waals surface area contributed by atoms with Crippen molar-refractivity contribution < 1.29 is 14.0 Å². The Labute approximate surface area is 136 Å². The van der Waals surface area contributed by atoms with E-state index in [0.717, 1.165) is 18.0 Å². The van der Waals surface area contributed by atoms with Crippen LogP contribution >= 0.6 is 0 Å². The first-order valence-electron chi connectivity index (χ1n) is 7.82. The van der Waals surface area contributed by atoms with Crippen LogP contribution in [-0.4, -0.2) is 41.3 Å². The first-order valence-corrected chi connectivity index (χ1v) is 7.82. The predicted octanol–water partition coefficient (Wildman–Crippen LogP) is 2.64. The molecule has 0 fully saturated rings. The topological polar surface area (TPSA) is 60.6 Å². The Balaban J connectivity index is 1.56. The van der Waals surface area contributed by atoms with Gasteiger partial charge in [-0.2, -0.15) is 4.98 Å². The highest BCUT2D eigenvalue weighted by atomic mass is 16.6. The number of ether oxygens (including phenoxy) is 2. The molecule has 0 N–H and O–H groups in total. The maximum atomic E-state index is 5.97. The Kier molecular flexibility index (Phi) is 4.26. The van der Waals surface area contributed by atoms with Gasteiger partial charge in [-0.05, 0) is 19.2 Å². The normalized spacial score (nSPS) is 17.5. The maximum Gasteiger partial charge on any atom is 0.232 e. The molecule has 0 saturated heterocycles. The molecular formula is C17H23N3O3. The number of likely N-dealkylation sites (N-methyl/N-ethyl adjacent to an activating group) is 1. The summed E-state index contributed by atoms with van der Waals surface area (Å²) < 4.78 is 17.0. The Morgan fingerprint density at radius 2 is 1.96 bits per heavy atom. The minimum absolute atomic E-state index is 0.0103. The summed E-state index contributed by atoms with van der Waals surface area (Å²) in [6.07, 6.45) is -0.0103. The number of nitrogens with zero attached hydrogens (tertiary/aromatic N) is 3. The molecule has 6 heteroatoms. The largest absolute Gasteiger partial charge is 0.486 e. The number of para-hydroxylation sites is 2. The molecule has 23 heavy (non-hydrogen) atoms. The van der Waals surface area contributed by atoms with Gasteiger partial charge in [0.1, 0.15) is 12.7 Å². The first-order chi connectivity index (χ1) is 10.9. The van der Waals surface area contributed by atoms with Gasteiger partial charge in [-0.1, -0.05) is 38.1 Å².